The number of hydrogen-bond donors (Lipinski definition) is 8. The lowest BCUT2D eigenvalue weighted by Gasteiger charge is -2.26. The number of nitrogens with one attached hydrogen (secondary N) is 5. The number of rotatable bonds is 14. The topological polar surface area (TPSA) is 195 Å². The molecule has 2 heterocycles. The first kappa shape index (κ1) is 29.7. The van der Waals surface area contributed by atoms with E-state index in [1.165, 1.54) is 12.5 Å². The number of hydrogen-bond acceptors (Lipinski definition) is 7. The largest absolute Gasteiger partial charge is 0.480 e. The summed E-state index contributed by atoms with van der Waals surface area (Å²) in [5, 5.41) is 18.1. The van der Waals surface area contributed by atoms with E-state index in [4.69, 9.17) is 5.73 Å². The first-order valence-electron chi connectivity index (χ1n) is 12.7. The van der Waals surface area contributed by atoms with Crippen molar-refractivity contribution in [2.75, 3.05) is 5.75 Å². The highest BCUT2D eigenvalue weighted by Gasteiger charge is 2.31. The second kappa shape index (κ2) is 13.8. The number of H-pyrrole nitrogens is 2. The highest BCUT2D eigenvalue weighted by atomic mass is 32.1. The van der Waals surface area contributed by atoms with Crippen molar-refractivity contribution in [1.82, 2.24) is 30.9 Å². The number of carboxylic acids is 1. The van der Waals surface area contributed by atoms with Gasteiger partial charge in [-0.05, 0) is 17.5 Å². The number of aliphatic carboxylic acids is 1. The molecule has 0 saturated heterocycles. The van der Waals surface area contributed by atoms with Crippen LogP contribution >= 0.6 is 12.6 Å². The predicted molar refractivity (Wildman–Crippen MR) is 149 cm³/mol. The quantitative estimate of drug-likeness (QED) is 0.132. The third kappa shape index (κ3) is 7.83. The Kier molecular flexibility index (Phi) is 10.5. The second-order valence-electron chi connectivity index (χ2n) is 9.46. The number of aromatic amines is 2. The molecule has 2 aromatic heterocycles. The zero-order chi connectivity index (χ0) is 28.5. The molecule has 210 valence electrons. The van der Waals surface area contributed by atoms with E-state index in [0.29, 0.717) is 12.1 Å². The third-order valence-electron chi connectivity index (χ3n) is 6.70. The maximum atomic E-state index is 13.5. The lowest BCUT2D eigenvalue weighted by Crippen LogP contribution is -2.58. The predicted octanol–water partition coefficient (Wildman–Crippen LogP) is 0.518. The van der Waals surface area contributed by atoms with E-state index in [1.807, 2.05) is 38.1 Å². The van der Waals surface area contributed by atoms with Gasteiger partial charge in [0.05, 0.1) is 12.4 Å². The average Bonchev–Trinajstić information content (AvgIpc) is 3.59. The number of amides is 3. The summed E-state index contributed by atoms with van der Waals surface area (Å²) in [6.45, 7) is 3.76. The van der Waals surface area contributed by atoms with Crippen molar-refractivity contribution in [3.63, 3.8) is 0 Å². The summed E-state index contributed by atoms with van der Waals surface area (Å²) >= 11 is 4.01. The third-order valence-corrected chi connectivity index (χ3v) is 7.07. The first-order valence-corrected chi connectivity index (χ1v) is 13.3. The number of nitrogens with two attached hydrogens (primary N) is 1. The molecule has 0 saturated carbocycles. The molecular formula is C26H35N7O5S. The van der Waals surface area contributed by atoms with Gasteiger partial charge in [0.25, 0.3) is 0 Å². The molecule has 0 radical (unpaired) electrons. The molecule has 0 spiro atoms. The number of para-hydroxylation sites is 1. The Balaban J connectivity index is 1.87. The van der Waals surface area contributed by atoms with Crippen molar-refractivity contribution < 1.29 is 24.3 Å². The van der Waals surface area contributed by atoms with Crippen LogP contribution in [0.5, 0.6) is 0 Å². The molecule has 39 heavy (non-hydrogen) atoms. The monoisotopic (exact) mass is 557 g/mol. The summed E-state index contributed by atoms with van der Waals surface area (Å²) in [4.78, 5) is 61.2. The van der Waals surface area contributed by atoms with Gasteiger partial charge in [-0.1, -0.05) is 38.5 Å². The van der Waals surface area contributed by atoms with Crippen LogP contribution in [-0.2, 0) is 32.0 Å². The zero-order valence-corrected chi connectivity index (χ0v) is 22.7. The normalized spacial score (nSPS) is 15.1. The summed E-state index contributed by atoms with van der Waals surface area (Å²) in [6.07, 6.45) is 5.53. The molecule has 13 heteroatoms. The number of fused-ring (bicyclic) bond motifs is 1. The Morgan fingerprint density at radius 2 is 1.64 bits per heavy atom. The van der Waals surface area contributed by atoms with Gasteiger partial charge in [-0.15, -0.1) is 0 Å². The fraction of sp³-hybridized carbons (Fsp3) is 0.423. The Bertz CT molecular complexity index is 1280. The van der Waals surface area contributed by atoms with Crippen LogP contribution in [0, 0.1) is 5.92 Å². The van der Waals surface area contributed by atoms with Gasteiger partial charge in [0.2, 0.25) is 17.7 Å². The smallest absolute Gasteiger partial charge is 0.327 e. The van der Waals surface area contributed by atoms with Crippen LogP contribution in [0.25, 0.3) is 10.9 Å². The number of imidazole rings is 1. The number of carbonyl (C=O) groups is 4. The second-order valence-corrected chi connectivity index (χ2v) is 9.83. The number of thiol groups is 1. The number of benzene rings is 1. The summed E-state index contributed by atoms with van der Waals surface area (Å²) in [6, 6.07) is 3.17. The minimum Gasteiger partial charge on any atom is -0.480 e. The van der Waals surface area contributed by atoms with E-state index in [-0.39, 0.29) is 24.5 Å². The van der Waals surface area contributed by atoms with Crippen molar-refractivity contribution in [1.29, 1.82) is 0 Å². The van der Waals surface area contributed by atoms with E-state index in [9.17, 15) is 24.3 Å². The van der Waals surface area contributed by atoms with Crippen LogP contribution in [0.1, 0.15) is 31.5 Å². The lowest BCUT2D eigenvalue weighted by molar-refractivity contribution is -0.141. The van der Waals surface area contributed by atoms with Gasteiger partial charge in [-0.2, -0.15) is 12.6 Å². The molecular weight excluding hydrogens is 522 g/mol. The van der Waals surface area contributed by atoms with E-state index >= 15 is 0 Å². The van der Waals surface area contributed by atoms with Gasteiger partial charge < -0.3 is 36.8 Å². The molecule has 1 aromatic carbocycles. The van der Waals surface area contributed by atoms with Crippen LogP contribution in [-0.4, -0.2) is 73.7 Å². The number of carboxylic acid groups (broad SMARTS) is 1. The summed E-state index contributed by atoms with van der Waals surface area (Å²) in [7, 11) is 0. The minimum absolute atomic E-state index is 0.0671. The molecule has 0 bridgehead atoms. The van der Waals surface area contributed by atoms with Gasteiger partial charge in [-0.25, -0.2) is 9.78 Å². The summed E-state index contributed by atoms with van der Waals surface area (Å²) in [5.41, 5.74) is 8.27. The highest BCUT2D eigenvalue weighted by Crippen LogP contribution is 2.19. The van der Waals surface area contributed by atoms with Gasteiger partial charge in [-0.3, -0.25) is 14.4 Å². The van der Waals surface area contributed by atoms with E-state index in [2.05, 4.69) is 43.5 Å². The Morgan fingerprint density at radius 3 is 2.26 bits per heavy atom. The van der Waals surface area contributed by atoms with Crippen LogP contribution in [0.3, 0.4) is 0 Å². The van der Waals surface area contributed by atoms with Gasteiger partial charge in [0.15, 0.2) is 0 Å². The first-order chi connectivity index (χ1) is 18.6. The fourth-order valence-corrected chi connectivity index (χ4v) is 4.31. The van der Waals surface area contributed by atoms with E-state index < -0.39 is 47.9 Å². The maximum Gasteiger partial charge on any atom is 0.327 e. The molecule has 5 unspecified atom stereocenters. The van der Waals surface area contributed by atoms with Crippen LogP contribution in [0.2, 0.25) is 0 Å². The van der Waals surface area contributed by atoms with Gasteiger partial charge in [0.1, 0.15) is 18.1 Å². The van der Waals surface area contributed by atoms with Crippen LogP contribution in [0.15, 0.2) is 43.0 Å². The van der Waals surface area contributed by atoms with Gasteiger partial charge in [0, 0.05) is 47.6 Å². The lowest BCUT2D eigenvalue weighted by atomic mass is 9.98. The molecule has 3 amide bonds. The molecule has 3 rings (SSSR count). The summed E-state index contributed by atoms with van der Waals surface area (Å²) < 4.78 is 0. The fourth-order valence-electron chi connectivity index (χ4n) is 4.07. The van der Waals surface area contributed by atoms with Crippen LogP contribution in [0.4, 0.5) is 0 Å². The van der Waals surface area contributed by atoms with Crippen molar-refractivity contribution in [3.05, 3.63) is 54.2 Å². The molecule has 0 aliphatic carbocycles. The molecule has 12 nitrogen and oxygen atoms in total. The number of nitrogens with zero attached hydrogens (tertiary/aromatic N) is 1. The van der Waals surface area contributed by atoms with Crippen molar-refractivity contribution in [2.24, 2.45) is 11.7 Å². The molecule has 5 atom stereocenters. The standard InChI is InChI=1S/C26H35N7O5S/c1-3-14(2)22(27)25(36)32-20(9-16-11-28-13-30-16)24(35)31-19(23(34)33-21(12-39)26(37)38)8-15-10-29-18-7-5-4-6-17(15)18/h4-7,10-11,13-14,19-22,29,39H,3,8-9,12,27H2,1-2H3,(H,28,30)(H,31,35)(H,32,36)(H,33,34)(H,37,38). The molecule has 0 aliphatic rings. The molecule has 0 aliphatic heterocycles. The Morgan fingerprint density at radius 1 is 1.00 bits per heavy atom. The maximum absolute atomic E-state index is 13.5. The Labute approximate surface area is 231 Å². The highest BCUT2D eigenvalue weighted by molar-refractivity contribution is 7.80. The average molecular weight is 558 g/mol. The van der Waals surface area contributed by atoms with Crippen molar-refractivity contribution >= 4 is 47.2 Å². The number of aromatic nitrogens is 3. The minimum atomic E-state index is -1.25. The van der Waals surface area contributed by atoms with E-state index in [1.54, 1.807) is 6.20 Å². The molecule has 3 aromatic rings. The molecule has 0 fully saturated rings. The Hall–Kier alpha value is -3.84. The SMILES string of the molecule is CCC(C)C(N)C(=O)NC(Cc1cnc[nH]1)C(=O)NC(Cc1c[nH]c2ccccc12)C(=O)NC(CS)C(=O)O. The zero-order valence-electron chi connectivity index (χ0n) is 21.8. The van der Waals surface area contributed by atoms with Crippen molar-refractivity contribution in [3.8, 4) is 0 Å². The van der Waals surface area contributed by atoms with E-state index in [0.717, 1.165) is 16.5 Å². The summed E-state index contributed by atoms with van der Waals surface area (Å²) in [5.74, 6) is -3.33. The van der Waals surface area contributed by atoms with Crippen LogP contribution < -0.4 is 21.7 Å². The number of carbonyl (C=O) groups excluding carboxylic acids is 3. The van der Waals surface area contributed by atoms with Gasteiger partial charge >= 0.3 is 5.97 Å². The molecule has 8 N–H and O–H groups in total. The van der Waals surface area contributed by atoms with Crippen molar-refractivity contribution in [2.45, 2.75) is 57.3 Å².